The zero-order chi connectivity index (χ0) is 37.9. The molecule has 0 atom stereocenters. The van der Waals surface area contributed by atoms with E-state index in [0.29, 0.717) is 15.5 Å². The molecule has 0 fully saturated rings. The summed E-state index contributed by atoms with van der Waals surface area (Å²) in [4.78, 5) is 36.1. The number of azo groups is 1. The van der Waals surface area contributed by atoms with Gasteiger partial charge in [0, 0.05) is 16.0 Å². The first-order valence-corrected chi connectivity index (χ1v) is 20.0. The predicted molar refractivity (Wildman–Crippen MR) is 198 cm³/mol. The molecule has 0 saturated heterocycles. The number of nitrogens with one attached hydrogen (secondary N) is 2. The van der Waals surface area contributed by atoms with Gasteiger partial charge in [-0.1, -0.05) is 41.4 Å². The summed E-state index contributed by atoms with van der Waals surface area (Å²) < 4.78 is 53.5. The Balaban J connectivity index is 1.45. The van der Waals surface area contributed by atoms with Crippen molar-refractivity contribution in [2.24, 2.45) is 10.2 Å². The number of benzene rings is 5. The number of phenolic OH excluding ortho intramolecular Hbond substituents is 1. The highest BCUT2D eigenvalue weighted by Gasteiger charge is 2.21. The van der Waals surface area contributed by atoms with E-state index in [0.717, 1.165) is 34.9 Å². The number of halogens is 1. The lowest BCUT2D eigenvalue weighted by molar-refractivity contribution is -0.447. The lowest BCUT2D eigenvalue weighted by Crippen LogP contribution is -2.08. The molecule has 5 N–H and O–H groups in total. The zero-order valence-electron chi connectivity index (χ0n) is 27.0. The number of hydrogen-bond donors (Lipinski definition) is 5. The average molecular weight is 817 g/mol. The molecule has 17 nitrogen and oxygen atoms in total. The summed E-state index contributed by atoms with van der Waals surface area (Å²) in [5, 5.41) is 31.9. The van der Waals surface area contributed by atoms with Crippen molar-refractivity contribution >= 4 is 115 Å². The fourth-order valence-electron chi connectivity index (χ4n) is 5.01. The standard InChI is InChI=1S/C31H25ClN7O10PS3/c1-47-48-49-52-28-21-9-4-3-6-16(21)10-11-22(28)38-39-26-24(51-2)13-17-12-20(53(44,45)46)15-23(25(17)27(26)40)34-31-36-29(32)35-30(37-31)33-18-7-5-8-19(14-18)50(41,42)43/h3-15,40H,1-2H3,(H2,41,42,43)(H,44,45,46)(H2,33,34,35,36,37)/p-1. The fraction of sp³-hybridized carbons (Fsp3) is 0.0645. The fourth-order valence-corrected chi connectivity index (χ4v) is 7.49. The summed E-state index contributed by atoms with van der Waals surface area (Å²) in [5.74, 6) is -0.859. The maximum Gasteiger partial charge on any atom is 0.356 e. The number of thioether (sulfide) groups is 1. The van der Waals surface area contributed by atoms with Crippen LogP contribution in [0.25, 0.3) is 21.5 Å². The molecule has 1 heterocycles. The van der Waals surface area contributed by atoms with Gasteiger partial charge in [0.05, 0.1) is 39.9 Å². The van der Waals surface area contributed by atoms with Crippen molar-refractivity contribution in [2.45, 2.75) is 14.7 Å². The quantitative estimate of drug-likeness (QED) is 0.0111. The number of phenols is 1. The minimum absolute atomic E-state index is 0.00456. The number of fused-ring (bicyclic) bond motifs is 2. The lowest BCUT2D eigenvalue weighted by Gasteiger charge is -2.17. The molecule has 0 unspecified atom stereocenters. The van der Waals surface area contributed by atoms with E-state index in [2.05, 4.69) is 45.7 Å². The molecule has 0 aliphatic carbocycles. The largest absolute Gasteiger partial charge is 0.744 e. The summed E-state index contributed by atoms with van der Waals surface area (Å²) in [7, 11) is -8.31. The Kier molecular flexibility index (Phi) is 11.5. The lowest BCUT2D eigenvalue weighted by atomic mass is 10.1. The molecule has 0 aliphatic rings. The Hall–Kier alpha value is -4.44. The van der Waals surface area contributed by atoms with Crippen LogP contribution in [0.1, 0.15) is 0 Å². The highest BCUT2D eigenvalue weighted by atomic mass is 35.5. The van der Waals surface area contributed by atoms with Gasteiger partial charge in [0.25, 0.3) is 0 Å². The van der Waals surface area contributed by atoms with Crippen molar-refractivity contribution in [1.82, 2.24) is 15.0 Å². The molecule has 53 heavy (non-hydrogen) atoms. The van der Waals surface area contributed by atoms with E-state index in [1.165, 1.54) is 49.2 Å². The summed E-state index contributed by atoms with van der Waals surface area (Å²) in [6, 6.07) is 19.9. The van der Waals surface area contributed by atoms with Gasteiger partial charge in [0.1, 0.15) is 21.5 Å². The number of rotatable bonds is 13. The van der Waals surface area contributed by atoms with Crippen LogP contribution in [0.3, 0.4) is 0 Å². The van der Waals surface area contributed by atoms with Crippen LogP contribution in [-0.4, -0.2) is 56.2 Å². The van der Waals surface area contributed by atoms with Gasteiger partial charge in [-0.3, -0.25) is 4.57 Å². The van der Waals surface area contributed by atoms with Crippen molar-refractivity contribution < 1.29 is 46.7 Å². The molecule has 0 saturated carbocycles. The normalized spacial score (nSPS) is 12.2. The zero-order valence-corrected chi connectivity index (χ0v) is 31.1. The van der Waals surface area contributed by atoms with Gasteiger partial charge in [-0.25, -0.2) is 13.3 Å². The van der Waals surface area contributed by atoms with E-state index in [1.807, 2.05) is 30.3 Å². The molecule has 5 aromatic carbocycles. The summed E-state index contributed by atoms with van der Waals surface area (Å²) in [6.07, 6.45) is 1.71. The highest BCUT2D eigenvalue weighted by Crippen LogP contribution is 2.47. The van der Waals surface area contributed by atoms with E-state index in [-0.39, 0.29) is 50.3 Å². The SMILES string of the molecule is COOOSc1c(N=Nc2c(SC)cc3cc(S(=O)(=O)[O-])cc(Nc4nc(Cl)nc(Nc5cccc(P(=O)(O)O)c5)n4)c3c2O)ccc2ccccc12. The first-order valence-electron chi connectivity index (χ1n) is 14.7. The number of hydrogen-bond acceptors (Lipinski definition) is 17. The van der Waals surface area contributed by atoms with Crippen molar-refractivity contribution in [3.63, 3.8) is 0 Å². The molecule has 6 rings (SSSR count). The van der Waals surface area contributed by atoms with Crippen molar-refractivity contribution in [1.29, 1.82) is 0 Å². The summed E-state index contributed by atoms with van der Waals surface area (Å²) >= 11 is 8.18. The monoisotopic (exact) mass is 816 g/mol. The Bertz CT molecular complexity index is 2560. The van der Waals surface area contributed by atoms with Gasteiger partial charge in [-0.05, 0) is 76.5 Å². The van der Waals surface area contributed by atoms with Crippen molar-refractivity contribution in [3.05, 3.63) is 84.1 Å². The molecule has 6 aromatic rings. The van der Waals surface area contributed by atoms with Crippen LogP contribution >= 0.6 is 43.0 Å². The molecule has 0 bridgehead atoms. The predicted octanol–water partition coefficient (Wildman–Crippen LogP) is 7.39. The van der Waals surface area contributed by atoms with Crippen LogP contribution in [0.2, 0.25) is 5.28 Å². The van der Waals surface area contributed by atoms with Crippen molar-refractivity contribution in [2.75, 3.05) is 24.0 Å². The molecular weight excluding hydrogens is 793 g/mol. The maximum absolute atomic E-state index is 12.2. The van der Waals surface area contributed by atoms with Crippen LogP contribution in [0.15, 0.2) is 104 Å². The molecule has 1 aromatic heterocycles. The van der Waals surface area contributed by atoms with E-state index in [9.17, 15) is 32.4 Å². The third kappa shape index (κ3) is 8.86. The van der Waals surface area contributed by atoms with Crippen LogP contribution < -0.4 is 15.9 Å². The van der Waals surface area contributed by atoms with E-state index < -0.39 is 28.4 Å². The van der Waals surface area contributed by atoms with Gasteiger partial charge in [-0.15, -0.1) is 26.3 Å². The number of nitrogens with zero attached hydrogens (tertiary/aromatic N) is 5. The second-order valence-corrected chi connectivity index (χ2v) is 15.5. The molecule has 22 heteroatoms. The third-order valence-corrected chi connectivity index (χ3v) is 10.7. The highest BCUT2D eigenvalue weighted by molar-refractivity contribution is 7.98. The summed E-state index contributed by atoms with van der Waals surface area (Å²) in [5.41, 5.74) is 0.427. The van der Waals surface area contributed by atoms with Gasteiger partial charge >= 0.3 is 7.60 Å². The second-order valence-electron chi connectivity index (χ2n) is 10.6. The Morgan fingerprint density at radius 1 is 0.925 bits per heavy atom. The number of aromatic nitrogens is 3. The minimum Gasteiger partial charge on any atom is -0.744 e. The average Bonchev–Trinajstić information content (AvgIpc) is 3.10. The number of anilines is 4. The number of aromatic hydroxyl groups is 1. The molecule has 0 aliphatic heterocycles. The second kappa shape index (κ2) is 15.9. The molecule has 274 valence electrons. The van der Waals surface area contributed by atoms with Gasteiger partial charge in [-0.2, -0.15) is 15.0 Å². The minimum atomic E-state index is -5.01. The topological polar surface area (TPSA) is 250 Å². The maximum atomic E-state index is 12.2. The van der Waals surface area contributed by atoms with Crippen LogP contribution in [0.4, 0.5) is 34.6 Å². The van der Waals surface area contributed by atoms with Crippen molar-refractivity contribution in [3.8, 4) is 5.75 Å². The van der Waals surface area contributed by atoms with E-state index in [4.69, 9.17) is 15.9 Å². The van der Waals surface area contributed by atoms with Gasteiger partial charge in [0.15, 0.2) is 5.75 Å². The first kappa shape index (κ1) is 38.3. The van der Waals surface area contributed by atoms with Crippen LogP contribution in [0.5, 0.6) is 5.75 Å². The molecule has 0 radical (unpaired) electrons. The summed E-state index contributed by atoms with van der Waals surface area (Å²) in [6.45, 7) is 0. The molecule has 0 amide bonds. The van der Waals surface area contributed by atoms with Crippen LogP contribution in [-0.2, 0) is 28.9 Å². The Morgan fingerprint density at radius 2 is 1.68 bits per heavy atom. The molecular formula is C31H24ClN7O10PS3-. The van der Waals surface area contributed by atoms with Gasteiger partial charge < -0.3 is 30.1 Å². The Labute approximate surface area is 313 Å². The van der Waals surface area contributed by atoms with Crippen LogP contribution in [0, 0.1) is 0 Å². The smallest absolute Gasteiger partial charge is 0.356 e. The van der Waals surface area contributed by atoms with E-state index in [1.54, 1.807) is 12.3 Å². The van der Waals surface area contributed by atoms with E-state index >= 15 is 0 Å². The first-order chi connectivity index (χ1) is 25.2. The van der Waals surface area contributed by atoms with Gasteiger partial charge in [0.2, 0.25) is 17.2 Å². The molecule has 0 spiro atoms. The Morgan fingerprint density at radius 3 is 2.40 bits per heavy atom. The third-order valence-electron chi connectivity index (χ3n) is 7.26.